The number of fused-ring (bicyclic) bond motifs is 1. The molecule has 0 unspecified atom stereocenters. The molecule has 0 fully saturated rings. The summed E-state index contributed by atoms with van der Waals surface area (Å²) in [7, 11) is 0. The van der Waals surface area contributed by atoms with Crippen molar-refractivity contribution in [1.82, 2.24) is 4.98 Å². The van der Waals surface area contributed by atoms with E-state index in [1.54, 1.807) is 18.3 Å². The van der Waals surface area contributed by atoms with Crippen LogP contribution in [0.2, 0.25) is 15.1 Å². The SMILES string of the molecule is Cc1cc(Cl)c(Cl)cn1.Fc1cc(Cc2ccc3c(c2)N=CCC3)ccc1Cl. The summed E-state index contributed by atoms with van der Waals surface area (Å²) in [5, 5.41) is 1.23. The maximum absolute atomic E-state index is 13.4. The highest BCUT2D eigenvalue weighted by Crippen LogP contribution is 2.27. The van der Waals surface area contributed by atoms with Gasteiger partial charge in [-0.3, -0.25) is 9.98 Å². The molecule has 144 valence electrons. The monoisotopic (exact) mass is 434 g/mol. The number of hydrogen-bond acceptors (Lipinski definition) is 2. The summed E-state index contributed by atoms with van der Waals surface area (Å²) in [5.74, 6) is -0.366. The Morgan fingerprint density at radius 2 is 1.68 bits per heavy atom. The molecule has 0 radical (unpaired) electrons. The van der Waals surface area contributed by atoms with E-state index in [0.717, 1.165) is 35.3 Å². The third-order valence-corrected chi connectivity index (χ3v) is 5.28. The number of aryl methyl sites for hydroxylation is 2. The van der Waals surface area contributed by atoms with E-state index < -0.39 is 0 Å². The van der Waals surface area contributed by atoms with Crippen LogP contribution in [0.3, 0.4) is 0 Å². The number of rotatable bonds is 2. The summed E-state index contributed by atoms with van der Waals surface area (Å²) in [6.07, 6.45) is 6.24. The van der Waals surface area contributed by atoms with Gasteiger partial charge in [-0.05, 0) is 67.1 Å². The van der Waals surface area contributed by atoms with Crippen LogP contribution in [0.1, 0.15) is 28.8 Å². The van der Waals surface area contributed by atoms with Gasteiger partial charge < -0.3 is 0 Å². The van der Waals surface area contributed by atoms with Crippen LogP contribution >= 0.6 is 34.8 Å². The molecule has 2 aromatic carbocycles. The molecular weight excluding hydrogens is 418 g/mol. The first-order valence-electron chi connectivity index (χ1n) is 8.78. The summed E-state index contributed by atoms with van der Waals surface area (Å²) >= 11 is 16.9. The predicted octanol–water partition coefficient (Wildman–Crippen LogP) is 7.42. The molecule has 1 aliphatic heterocycles. The molecule has 6 heteroatoms. The maximum atomic E-state index is 13.4. The van der Waals surface area contributed by atoms with Crippen LogP contribution in [0.15, 0.2) is 53.7 Å². The van der Waals surface area contributed by atoms with Crippen molar-refractivity contribution in [2.75, 3.05) is 0 Å². The zero-order chi connectivity index (χ0) is 20.1. The van der Waals surface area contributed by atoms with E-state index in [1.807, 2.05) is 19.2 Å². The Bertz CT molecular complexity index is 1020. The van der Waals surface area contributed by atoms with Gasteiger partial charge in [0.1, 0.15) is 5.82 Å². The summed E-state index contributed by atoms with van der Waals surface area (Å²) in [4.78, 5) is 8.33. The Kier molecular flexibility index (Phi) is 7.06. The van der Waals surface area contributed by atoms with Crippen LogP contribution in [-0.4, -0.2) is 11.2 Å². The van der Waals surface area contributed by atoms with Crippen molar-refractivity contribution in [1.29, 1.82) is 0 Å². The summed E-state index contributed by atoms with van der Waals surface area (Å²) < 4.78 is 13.4. The zero-order valence-electron chi connectivity index (χ0n) is 15.2. The molecule has 0 saturated carbocycles. The van der Waals surface area contributed by atoms with E-state index in [1.165, 1.54) is 11.6 Å². The largest absolute Gasteiger partial charge is 0.261 e. The van der Waals surface area contributed by atoms with Crippen LogP contribution in [0.4, 0.5) is 10.1 Å². The minimum atomic E-state index is -0.366. The molecule has 1 aliphatic rings. The van der Waals surface area contributed by atoms with Gasteiger partial charge in [-0.2, -0.15) is 0 Å². The first-order chi connectivity index (χ1) is 13.4. The topological polar surface area (TPSA) is 25.2 Å². The van der Waals surface area contributed by atoms with Gasteiger partial charge in [0.15, 0.2) is 0 Å². The van der Waals surface area contributed by atoms with Gasteiger partial charge in [0.05, 0.1) is 20.8 Å². The highest BCUT2D eigenvalue weighted by Gasteiger charge is 2.08. The number of halogens is 4. The van der Waals surface area contributed by atoms with Gasteiger partial charge in [-0.25, -0.2) is 4.39 Å². The van der Waals surface area contributed by atoms with Crippen molar-refractivity contribution >= 4 is 46.7 Å². The number of pyridine rings is 1. The second-order valence-electron chi connectivity index (χ2n) is 6.48. The van der Waals surface area contributed by atoms with E-state index in [9.17, 15) is 4.39 Å². The van der Waals surface area contributed by atoms with Gasteiger partial charge in [-0.15, -0.1) is 0 Å². The van der Waals surface area contributed by atoms with Crippen LogP contribution < -0.4 is 0 Å². The lowest BCUT2D eigenvalue weighted by molar-refractivity contribution is 0.626. The third kappa shape index (κ3) is 5.54. The Balaban J connectivity index is 0.000000211. The van der Waals surface area contributed by atoms with Gasteiger partial charge in [-0.1, -0.05) is 53.0 Å². The van der Waals surface area contributed by atoms with E-state index in [2.05, 4.69) is 28.2 Å². The lowest BCUT2D eigenvalue weighted by Crippen LogP contribution is -1.96. The molecule has 0 atom stereocenters. The Labute approximate surface area is 179 Å². The van der Waals surface area contributed by atoms with Crippen molar-refractivity contribution in [3.63, 3.8) is 0 Å². The quantitative estimate of drug-likeness (QED) is 0.411. The summed E-state index contributed by atoms with van der Waals surface area (Å²) in [5.41, 5.74) is 5.26. The molecule has 0 N–H and O–H groups in total. The molecule has 2 nitrogen and oxygen atoms in total. The molecule has 1 aromatic heterocycles. The molecule has 3 aromatic rings. The van der Waals surface area contributed by atoms with E-state index in [4.69, 9.17) is 34.8 Å². The number of benzene rings is 2. The fourth-order valence-electron chi connectivity index (χ4n) is 2.83. The lowest BCUT2D eigenvalue weighted by Gasteiger charge is -2.11. The van der Waals surface area contributed by atoms with Crippen LogP contribution in [-0.2, 0) is 12.8 Å². The average molecular weight is 436 g/mol. The van der Waals surface area contributed by atoms with Crippen molar-refractivity contribution in [2.24, 2.45) is 4.99 Å². The Morgan fingerprint density at radius 1 is 0.929 bits per heavy atom. The van der Waals surface area contributed by atoms with E-state index >= 15 is 0 Å². The van der Waals surface area contributed by atoms with Crippen molar-refractivity contribution in [3.8, 4) is 0 Å². The summed E-state index contributed by atoms with van der Waals surface area (Å²) in [6, 6.07) is 13.0. The minimum absolute atomic E-state index is 0.166. The van der Waals surface area contributed by atoms with Crippen LogP contribution in [0.25, 0.3) is 0 Å². The summed E-state index contributed by atoms with van der Waals surface area (Å²) in [6.45, 7) is 1.86. The van der Waals surface area contributed by atoms with Gasteiger partial charge in [0.25, 0.3) is 0 Å². The van der Waals surface area contributed by atoms with Crippen molar-refractivity contribution in [2.45, 2.75) is 26.2 Å². The molecule has 0 spiro atoms. The lowest BCUT2D eigenvalue weighted by atomic mass is 9.99. The van der Waals surface area contributed by atoms with E-state index in [-0.39, 0.29) is 10.8 Å². The van der Waals surface area contributed by atoms with Gasteiger partial charge in [0.2, 0.25) is 0 Å². The fraction of sp³-hybridized carbons (Fsp3) is 0.182. The predicted molar refractivity (Wildman–Crippen MR) is 116 cm³/mol. The number of nitrogens with zero attached hydrogens (tertiary/aromatic N) is 2. The molecule has 0 saturated heterocycles. The van der Waals surface area contributed by atoms with Crippen molar-refractivity contribution in [3.05, 3.63) is 91.9 Å². The number of hydrogen-bond donors (Lipinski definition) is 0. The first-order valence-corrected chi connectivity index (χ1v) is 9.91. The molecule has 4 rings (SSSR count). The van der Waals surface area contributed by atoms with Crippen LogP contribution in [0, 0.1) is 12.7 Å². The third-order valence-electron chi connectivity index (χ3n) is 4.26. The average Bonchev–Trinajstić information content (AvgIpc) is 2.68. The standard InChI is InChI=1S/C16H13ClFN.C6H5Cl2N/c17-14-6-4-11(9-15(14)18)8-12-3-5-13-2-1-7-19-16(13)10-12;1-4-2-5(7)6(8)3-9-4/h3-7,9-10H,1-2,8H2;2-3H,1H3. The van der Waals surface area contributed by atoms with Gasteiger partial charge in [0, 0.05) is 18.1 Å². The highest BCUT2D eigenvalue weighted by atomic mass is 35.5. The second-order valence-corrected chi connectivity index (χ2v) is 7.70. The molecule has 0 bridgehead atoms. The number of aliphatic imine (C=N–C) groups is 1. The molecule has 2 heterocycles. The smallest absolute Gasteiger partial charge is 0.142 e. The van der Waals surface area contributed by atoms with Crippen LogP contribution in [0.5, 0.6) is 0 Å². The molecule has 0 amide bonds. The Hall–Kier alpha value is -1.94. The first kappa shape index (κ1) is 20.8. The molecule has 0 aliphatic carbocycles. The van der Waals surface area contributed by atoms with Gasteiger partial charge >= 0.3 is 0 Å². The highest BCUT2D eigenvalue weighted by molar-refractivity contribution is 6.41. The molecular formula is C22H18Cl3FN2. The normalized spacial score (nSPS) is 12.2. The second kappa shape index (κ2) is 9.51. The van der Waals surface area contributed by atoms with E-state index in [0.29, 0.717) is 16.5 Å². The minimum Gasteiger partial charge on any atom is -0.261 e. The zero-order valence-corrected chi connectivity index (χ0v) is 17.5. The molecule has 28 heavy (non-hydrogen) atoms. The Morgan fingerprint density at radius 3 is 2.39 bits per heavy atom. The van der Waals surface area contributed by atoms with Crippen molar-refractivity contribution < 1.29 is 4.39 Å². The number of aromatic nitrogens is 1. The fourth-order valence-corrected chi connectivity index (χ4v) is 3.26. The maximum Gasteiger partial charge on any atom is 0.142 e.